The van der Waals surface area contributed by atoms with Gasteiger partial charge in [-0.15, -0.1) is 0 Å². The van der Waals surface area contributed by atoms with Crippen molar-refractivity contribution in [1.29, 1.82) is 0 Å². The molecule has 0 fully saturated rings. The van der Waals surface area contributed by atoms with Crippen LogP contribution in [0.3, 0.4) is 0 Å². The summed E-state index contributed by atoms with van der Waals surface area (Å²) in [5, 5.41) is 17.3. The molecule has 0 radical (unpaired) electrons. The molecule has 0 spiro atoms. The van der Waals surface area contributed by atoms with Crippen molar-refractivity contribution in [3.8, 4) is 0 Å². The molecule has 0 aromatic rings. The molecule has 5 heteroatoms. The average molecular weight is 216 g/mol. The van der Waals surface area contributed by atoms with Crippen molar-refractivity contribution in [3.05, 3.63) is 12.2 Å². The highest BCUT2D eigenvalue weighted by Crippen LogP contribution is 2.13. The summed E-state index contributed by atoms with van der Waals surface area (Å²) in [4.78, 5) is 21.2. The van der Waals surface area contributed by atoms with Crippen molar-refractivity contribution in [2.24, 2.45) is 5.92 Å². The first kappa shape index (κ1) is 13.6. The van der Waals surface area contributed by atoms with E-state index >= 15 is 0 Å². The molecule has 0 aromatic carbocycles. The lowest BCUT2D eigenvalue weighted by molar-refractivity contribution is -0.153. The Hall–Kier alpha value is -1.36. The SMILES string of the molecule is C=C(C)COC(C)C(CC(=O)O)C(=O)O. The minimum Gasteiger partial charge on any atom is -0.481 e. The second kappa shape index (κ2) is 6.19. The molecule has 0 rings (SSSR count). The van der Waals surface area contributed by atoms with E-state index in [2.05, 4.69) is 6.58 Å². The molecule has 2 N–H and O–H groups in total. The molecule has 0 aromatic heterocycles. The van der Waals surface area contributed by atoms with Crippen LogP contribution in [0.2, 0.25) is 0 Å². The summed E-state index contributed by atoms with van der Waals surface area (Å²) in [6.45, 7) is 7.14. The lowest BCUT2D eigenvalue weighted by Gasteiger charge is -2.19. The van der Waals surface area contributed by atoms with Crippen LogP contribution in [-0.2, 0) is 14.3 Å². The fourth-order valence-corrected chi connectivity index (χ4v) is 1.03. The van der Waals surface area contributed by atoms with Crippen molar-refractivity contribution in [1.82, 2.24) is 0 Å². The van der Waals surface area contributed by atoms with E-state index in [1.165, 1.54) is 0 Å². The van der Waals surface area contributed by atoms with E-state index in [-0.39, 0.29) is 6.61 Å². The molecule has 0 aliphatic rings. The second-order valence-corrected chi connectivity index (χ2v) is 3.52. The van der Waals surface area contributed by atoms with Crippen molar-refractivity contribution >= 4 is 11.9 Å². The summed E-state index contributed by atoms with van der Waals surface area (Å²) in [7, 11) is 0. The zero-order valence-electron chi connectivity index (χ0n) is 8.90. The van der Waals surface area contributed by atoms with Gasteiger partial charge in [-0.1, -0.05) is 12.2 Å². The Labute approximate surface area is 88.4 Å². The van der Waals surface area contributed by atoms with Gasteiger partial charge in [-0.25, -0.2) is 0 Å². The molecule has 5 nitrogen and oxygen atoms in total. The zero-order chi connectivity index (χ0) is 12.0. The van der Waals surface area contributed by atoms with Gasteiger partial charge < -0.3 is 14.9 Å². The first-order valence-electron chi connectivity index (χ1n) is 4.55. The third-order valence-electron chi connectivity index (χ3n) is 1.87. The largest absolute Gasteiger partial charge is 0.481 e. The molecule has 0 heterocycles. The van der Waals surface area contributed by atoms with Gasteiger partial charge in [0.05, 0.1) is 25.0 Å². The van der Waals surface area contributed by atoms with Crippen molar-refractivity contribution < 1.29 is 24.5 Å². The van der Waals surface area contributed by atoms with Gasteiger partial charge in [-0.2, -0.15) is 0 Å². The summed E-state index contributed by atoms with van der Waals surface area (Å²) < 4.78 is 5.18. The molecule has 0 saturated carbocycles. The Morgan fingerprint density at radius 1 is 1.40 bits per heavy atom. The minimum atomic E-state index is -1.16. The smallest absolute Gasteiger partial charge is 0.309 e. The Bertz CT molecular complexity index is 259. The van der Waals surface area contributed by atoms with E-state index in [1.807, 2.05) is 0 Å². The molecule has 0 saturated heterocycles. The molecule has 86 valence electrons. The molecule has 0 aliphatic heterocycles. The van der Waals surface area contributed by atoms with Crippen LogP contribution in [0.15, 0.2) is 12.2 Å². The normalized spacial score (nSPS) is 14.3. The Kier molecular flexibility index (Phi) is 5.62. The van der Waals surface area contributed by atoms with Gasteiger partial charge in [0.1, 0.15) is 0 Å². The highest BCUT2D eigenvalue weighted by molar-refractivity contribution is 5.78. The average Bonchev–Trinajstić information content (AvgIpc) is 2.09. The Balaban J connectivity index is 4.28. The van der Waals surface area contributed by atoms with Crippen molar-refractivity contribution in [3.63, 3.8) is 0 Å². The molecule has 0 aliphatic carbocycles. The lowest BCUT2D eigenvalue weighted by atomic mass is 10.00. The van der Waals surface area contributed by atoms with Crippen LogP contribution in [-0.4, -0.2) is 34.9 Å². The van der Waals surface area contributed by atoms with E-state index in [4.69, 9.17) is 14.9 Å². The third kappa shape index (κ3) is 5.85. The number of rotatable bonds is 7. The van der Waals surface area contributed by atoms with Crippen molar-refractivity contribution in [2.45, 2.75) is 26.4 Å². The Morgan fingerprint density at radius 3 is 2.27 bits per heavy atom. The molecule has 15 heavy (non-hydrogen) atoms. The summed E-state index contributed by atoms with van der Waals surface area (Å²) in [5.74, 6) is -3.33. The summed E-state index contributed by atoms with van der Waals surface area (Å²) >= 11 is 0. The van der Waals surface area contributed by atoms with E-state index in [0.717, 1.165) is 5.57 Å². The first-order valence-corrected chi connectivity index (χ1v) is 4.55. The number of carboxylic acid groups (broad SMARTS) is 2. The summed E-state index contributed by atoms with van der Waals surface area (Å²) in [6, 6.07) is 0. The number of hydrogen-bond acceptors (Lipinski definition) is 3. The monoisotopic (exact) mass is 216 g/mol. The molecule has 0 amide bonds. The van der Waals surface area contributed by atoms with E-state index < -0.39 is 30.4 Å². The lowest BCUT2D eigenvalue weighted by Crippen LogP contribution is -2.30. The van der Waals surface area contributed by atoms with Crippen LogP contribution in [0.5, 0.6) is 0 Å². The molecular weight excluding hydrogens is 200 g/mol. The molecule has 2 unspecified atom stereocenters. The van der Waals surface area contributed by atoms with Gasteiger partial charge in [0.2, 0.25) is 0 Å². The topological polar surface area (TPSA) is 83.8 Å². The quantitative estimate of drug-likeness (QED) is 0.623. The molecule has 2 atom stereocenters. The van der Waals surface area contributed by atoms with E-state index in [0.29, 0.717) is 0 Å². The van der Waals surface area contributed by atoms with Crippen molar-refractivity contribution in [2.75, 3.05) is 6.61 Å². The second-order valence-electron chi connectivity index (χ2n) is 3.52. The van der Waals surface area contributed by atoms with Gasteiger partial charge in [-0.3, -0.25) is 9.59 Å². The summed E-state index contributed by atoms with van der Waals surface area (Å²) in [6.07, 6.45) is -1.08. The van der Waals surface area contributed by atoms with Crippen LogP contribution in [0.4, 0.5) is 0 Å². The van der Waals surface area contributed by atoms with Crippen LogP contribution in [0.1, 0.15) is 20.3 Å². The van der Waals surface area contributed by atoms with Gasteiger partial charge in [-0.05, 0) is 13.8 Å². The first-order chi connectivity index (χ1) is 6.84. The number of hydrogen-bond donors (Lipinski definition) is 2. The standard InChI is InChI=1S/C10H16O5/c1-6(2)5-15-7(3)8(10(13)14)4-9(11)12/h7-8H,1,4-5H2,2-3H3,(H,11,12)(H,13,14). The highest BCUT2D eigenvalue weighted by Gasteiger charge is 2.27. The van der Waals surface area contributed by atoms with Crippen LogP contribution < -0.4 is 0 Å². The van der Waals surface area contributed by atoms with E-state index in [9.17, 15) is 9.59 Å². The molecular formula is C10H16O5. The maximum Gasteiger partial charge on any atom is 0.309 e. The summed E-state index contributed by atoms with van der Waals surface area (Å²) in [5.41, 5.74) is 0.765. The van der Waals surface area contributed by atoms with Crippen LogP contribution in [0, 0.1) is 5.92 Å². The Morgan fingerprint density at radius 2 is 1.93 bits per heavy atom. The zero-order valence-corrected chi connectivity index (χ0v) is 8.90. The fourth-order valence-electron chi connectivity index (χ4n) is 1.03. The fraction of sp³-hybridized carbons (Fsp3) is 0.600. The van der Waals surface area contributed by atoms with Gasteiger partial charge in [0, 0.05) is 0 Å². The van der Waals surface area contributed by atoms with Gasteiger partial charge in [0.25, 0.3) is 0 Å². The van der Waals surface area contributed by atoms with Gasteiger partial charge >= 0.3 is 11.9 Å². The minimum absolute atomic E-state index is 0.241. The highest BCUT2D eigenvalue weighted by atomic mass is 16.5. The number of aliphatic carboxylic acids is 2. The maximum absolute atomic E-state index is 10.8. The number of carboxylic acids is 2. The third-order valence-corrected chi connectivity index (χ3v) is 1.87. The predicted octanol–water partition coefficient (Wildman–Crippen LogP) is 1.14. The van der Waals surface area contributed by atoms with Gasteiger partial charge in [0.15, 0.2) is 0 Å². The van der Waals surface area contributed by atoms with Crippen LogP contribution in [0.25, 0.3) is 0 Å². The number of ether oxygens (including phenoxy) is 1. The predicted molar refractivity (Wildman–Crippen MR) is 53.6 cm³/mol. The number of carbonyl (C=O) groups is 2. The maximum atomic E-state index is 10.8. The van der Waals surface area contributed by atoms with E-state index in [1.54, 1.807) is 13.8 Å². The van der Waals surface area contributed by atoms with Crippen LogP contribution >= 0.6 is 0 Å². The molecule has 0 bridgehead atoms.